The maximum atomic E-state index is 13.5. The van der Waals surface area contributed by atoms with Gasteiger partial charge in [0.2, 0.25) is 11.8 Å². The number of nitrogens with zero attached hydrogens (tertiary/aromatic N) is 2. The van der Waals surface area contributed by atoms with Crippen LogP contribution in [0.2, 0.25) is 0 Å². The number of benzene rings is 1. The summed E-state index contributed by atoms with van der Waals surface area (Å²) in [6.07, 6.45) is 7.51. The van der Waals surface area contributed by atoms with Crippen LogP contribution in [0.25, 0.3) is 10.9 Å². The summed E-state index contributed by atoms with van der Waals surface area (Å²) in [5.41, 5.74) is 1.31. The van der Waals surface area contributed by atoms with Gasteiger partial charge < -0.3 is 20.1 Å². The average Bonchev–Trinajstić information content (AvgIpc) is 3.29. The standard InChI is InChI=1S/C29H39N5O5/c1-18-32-23-4-2-3-22(26(23)28(37)34(18)24-5-6-25(35)33-27(24)36)30-7-9-38-11-12-39-10-8-31-29-16-19-13-20(17-29)15-21(29)14-19/h2-4,19-21,24,30-31H,5-17H2,1H3,(H,33,35,36)/t19-,20+,21?,24?,29?. The van der Waals surface area contributed by atoms with E-state index >= 15 is 0 Å². The van der Waals surface area contributed by atoms with Crippen molar-refractivity contribution in [1.82, 2.24) is 20.2 Å². The quantitative estimate of drug-likeness (QED) is 0.278. The van der Waals surface area contributed by atoms with Crippen LogP contribution in [0.3, 0.4) is 0 Å². The molecule has 1 saturated heterocycles. The number of ether oxygens (including phenoxy) is 2. The van der Waals surface area contributed by atoms with Crippen molar-refractivity contribution in [3.05, 3.63) is 34.4 Å². The predicted octanol–water partition coefficient (Wildman–Crippen LogP) is 2.30. The van der Waals surface area contributed by atoms with Crippen LogP contribution in [-0.4, -0.2) is 66.4 Å². The van der Waals surface area contributed by atoms with Crippen LogP contribution in [0.1, 0.15) is 56.8 Å². The van der Waals surface area contributed by atoms with E-state index in [9.17, 15) is 14.4 Å². The normalized spacial score (nSPS) is 29.4. The Kier molecular flexibility index (Phi) is 7.43. The molecule has 10 nitrogen and oxygen atoms in total. The van der Waals surface area contributed by atoms with Gasteiger partial charge in [-0.05, 0) is 75.3 Å². The number of hydrogen-bond acceptors (Lipinski definition) is 8. The highest BCUT2D eigenvalue weighted by Gasteiger charge is 2.57. The van der Waals surface area contributed by atoms with Gasteiger partial charge in [0.15, 0.2) is 0 Å². The number of aromatic nitrogens is 2. The zero-order chi connectivity index (χ0) is 27.0. The fourth-order valence-corrected chi connectivity index (χ4v) is 7.83. The number of anilines is 1. The molecule has 7 rings (SSSR count). The van der Waals surface area contributed by atoms with E-state index in [4.69, 9.17) is 9.47 Å². The highest BCUT2D eigenvalue weighted by molar-refractivity contribution is 5.99. The van der Waals surface area contributed by atoms with Crippen molar-refractivity contribution in [2.75, 3.05) is 44.8 Å². The fraction of sp³-hybridized carbons (Fsp3) is 0.655. The van der Waals surface area contributed by atoms with Crippen molar-refractivity contribution >= 4 is 28.4 Å². The molecule has 0 spiro atoms. The number of imide groups is 1. The van der Waals surface area contributed by atoms with Crippen LogP contribution in [-0.2, 0) is 19.1 Å². The van der Waals surface area contributed by atoms with E-state index in [0.717, 1.165) is 24.3 Å². The molecule has 4 bridgehead atoms. The average molecular weight is 538 g/mol. The maximum absolute atomic E-state index is 13.5. The second-order valence-electron chi connectivity index (χ2n) is 11.8. The Morgan fingerprint density at radius 3 is 2.51 bits per heavy atom. The van der Waals surface area contributed by atoms with E-state index in [1.807, 2.05) is 12.1 Å². The van der Waals surface area contributed by atoms with Gasteiger partial charge >= 0.3 is 0 Å². The summed E-state index contributed by atoms with van der Waals surface area (Å²) >= 11 is 0. The van der Waals surface area contributed by atoms with E-state index in [2.05, 4.69) is 20.9 Å². The van der Waals surface area contributed by atoms with Gasteiger partial charge in [-0.15, -0.1) is 0 Å². The Hall–Kier alpha value is -2.82. The molecule has 5 aliphatic rings. The van der Waals surface area contributed by atoms with Gasteiger partial charge in [0.1, 0.15) is 11.9 Å². The molecule has 2 heterocycles. The lowest BCUT2D eigenvalue weighted by molar-refractivity contribution is -0.135. The smallest absolute Gasteiger partial charge is 0.264 e. The van der Waals surface area contributed by atoms with Gasteiger partial charge in [0.05, 0.1) is 37.3 Å². The second-order valence-corrected chi connectivity index (χ2v) is 11.8. The van der Waals surface area contributed by atoms with E-state index in [0.29, 0.717) is 60.9 Å². The molecular formula is C29H39N5O5. The highest BCUT2D eigenvalue weighted by Crippen LogP contribution is 2.60. The first-order valence-electron chi connectivity index (χ1n) is 14.4. The molecule has 4 aliphatic carbocycles. The third-order valence-corrected chi connectivity index (χ3v) is 9.27. The first-order valence-corrected chi connectivity index (χ1v) is 14.4. The number of carbonyl (C=O) groups is 2. The summed E-state index contributed by atoms with van der Waals surface area (Å²) in [4.78, 5) is 42.1. The number of nitrogens with one attached hydrogen (secondary N) is 3. The lowest BCUT2D eigenvalue weighted by Crippen LogP contribution is -2.47. The second kappa shape index (κ2) is 11.0. The number of piperidine rings is 1. The van der Waals surface area contributed by atoms with Gasteiger partial charge in [-0.25, -0.2) is 4.98 Å². The summed E-state index contributed by atoms with van der Waals surface area (Å²) in [5, 5.41) is 9.89. The number of amides is 2. The third-order valence-electron chi connectivity index (χ3n) is 9.27. The SMILES string of the molecule is Cc1nc2cccc(NCCOCCOCCNC34C[C@@H]5CC3C[C@@H](C5)C4)c2c(=O)n1C1CCC(=O)NC1=O. The molecule has 5 fully saturated rings. The van der Waals surface area contributed by atoms with Crippen molar-refractivity contribution in [1.29, 1.82) is 0 Å². The molecule has 5 atom stereocenters. The summed E-state index contributed by atoms with van der Waals surface area (Å²) in [5.74, 6) is 2.46. The Balaban J connectivity index is 0.950. The Labute approximate surface area is 228 Å². The van der Waals surface area contributed by atoms with Crippen LogP contribution in [0, 0.1) is 24.7 Å². The zero-order valence-electron chi connectivity index (χ0n) is 22.7. The van der Waals surface area contributed by atoms with Crippen molar-refractivity contribution in [2.45, 2.75) is 63.5 Å². The molecule has 210 valence electrons. The van der Waals surface area contributed by atoms with Gasteiger partial charge in [0.25, 0.3) is 5.56 Å². The van der Waals surface area contributed by atoms with Crippen LogP contribution in [0.5, 0.6) is 0 Å². The number of fused-ring (bicyclic) bond motifs is 1. The minimum absolute atomic E-state index is 0.194. The molecule has 1 aromatic heterocycles. The lowest BCUT2D eigenvalue weighted by Gasteiger charge is -2.34. The van der Waals surface area contributed by atoms with Gasteiger partial charge in [-0.3, -0.25) is 24.3 Å². The van der Waals surface area contributed by atoms with E-state index in [1.165, 1.54) is 36.7 Å². The van der Waals surface area contributed by atoms with Crippen LogP contribution in [0.4, 0.5) is 5.69 Å². The monoisotopic (exact) mass is 537 g/mol. The largest absolute Gasteiger partial charge is 0.382 e. The highest BCUT2D eigenvalue weighted by atomic mass is 16.5. The summed E-state index contributed by atoms with van der Waals surface area (Å²) in [6, 6.07) is 4.71. The summed E-state index contributed by atoms with van der Waals surface area (Å²) in [6.45, 7) is 5.36. The molecule has 1 aromatic carbocycles. The Bertz CT molecular complexity index is 1290. The van der Waals surface area contributed by atoms with Gasteiger partial charge in [0, 0.05) is 30.7 Å². The minimum atomic E-state index is -0.748. The lowest BCUT2D eigenvalue weighted by atomic mass is 9.80. The van der Waals surface area contributed by atoms with E-state index in [-0.39, 0.29) is 24.3 Å². The fourth-order valence-electron chi connectivity index (χ4n) is 7.83. The third kappa shape index (κ3) is 5.21. The molecule has 0 radical (unpaired) electrons. The Morgan fingerprint density at radius 2 is 1.77 bits per heavy atom. The van der Waals surface area contributed by atoms with Crippen molar-refractivity contribution in [2.24, 2.45) is 17.8 Å². The molecule has 3 N–H and O–H groups in total. The Morgan fingerprint density at radius 1 is 1.03 bits per heavy atom. The number of rotatable bonds is 12. The predicted molar refractivity (Wildman–Crippen MR) is 147 cm³/mol. The van der Waals surface area contributed by atoms with Gasteiger partial charge in [-0.2, -0.15) is 0 Å². The summed E-state index contributed by atoms with van der Waals surface area (Å²) in [7, 11) is 0. The van der Waals surface area contributed by atoms with Crippen molar-refractivity contribution in [3.63, 3.8) is 0 Å². The molecule has 39 heavy (non-hydrogen) atoms. The van der Waals surface area contributed by atoms with Crippen LogP contribution >= 0.6 is 0 Å². The van der Waals surface area contributed by atoms with Crippen molar-refractivity contribution in [3.8, 4) is 0 Å². The number of carbonyl (C=O) groups excluding carboxylic acids is 2. The molecule has 10 heteroatoms. The van der Waals surface area contributed by atoms with Gasteiger partial charge in [-0.1, -0.05) is 6.07 Å². The maximum Gasteiger partial charge on any atom is 0.264 e. The summed E-state index contributed by atoms with van der Waals surface area (Å²) < 4.78 is 12.9. The molecule has 1 aliphatic heterocycles. The molecule has 4 saturated carbocycles. The molecular weight excluding hydrogens is 498 g/mol. The molecule has 2 amide bonds. The number of hydrogen-bond donors (Lipinski definition) is 3. The topological polar surface area (TPSA) is 124 Å². The first-order chi connectivity index (χ1) is 18.9. The number of aryl methyl sites for hydroxylation is 1. The van der Waals surface area contributed by atoms with Crippen LogP contribution < -0.4 is 21.5 Å². The van der Waals surface area contributed by atoms with E-state index < -0.39 is 11.9 Å². The van der Waals surface area contributed by atoms with Crippen LogP contribution in [0.15, 0.2) is 23.0 Å². The minimum Gasteiger partial charge on any atom is -0.382 e. The first kappa shape index (κ1) is 26.4. The van der Waals surface area contributed by atoms with Crippen molar-refractivity contribution < 1.29 is 19.1 Å². The zero-order valence-corrected chi connectivity index (χ0v) is 22.7. The molecule has 3 unspecified atom stereocenters. The molecule has 2 aromatic rings. The van der Waals surface area contributed by atoms with E-state index in [1.54, 1.807) is 13.0 Å².